The highest BCUT2D eigenvalue weighted by Gasteiger charge is 2.21. The SMILES string of the molecule is CC(C(=O)Nc1ccc(Cl)c(F)c1)n1nc2c(cc1=O)CCC2. The summed E-state index contributed by atoms with van der Waals surface area (Å²) in [7, 11) is 0. The van der Waals surface area contributed by atoms with Gasteiger partial charge in [0.15, 0.2) is 0 Å². The number of benzene rings is 1. The zero-order valence-corrected chi connectivity index (χ0v) is 13.2. The third-order valence-electron chi connectivity index (χ3n) is 3.92. The number of hydrogen-bond donors (Lipinski definition) is 1. The first-order valence-corrected chi connectivity index (χ1v) is 7.71. The molecule has 2 aromatic rings. The third-order valence-corrected chi connectivity index (χ3v) is 4.22. The Hall–Kier alpha value is -2.21. The predicted octanol–water partition coefficient (Wildman–Crippen LogP) is 2.72. The van der Waals surface area contributed by atoms with Gasteiger partial charge in [0, 0.05) is 11.8 Å². The molecule has 1 aliphatic rings. The lowest BCUT2D eigenvalue weighted by Gasteiger charge is -2.15. The van der Waals surface area contributed by atoms with Crippen molar-refractivity contribution in [1.29, 1.82) is 0 Å². The Bertz CT molecular complexity index is 835. The number of amides is 1. The topological polar surface area (TPSA) is 64.0 Å². The van der Waals surface area contributed by atoms with Crippen LogP contribution in [0.2, 0.25) is 5.02 Å². The van der Waals surface area contributed by atoms with Crippen LogP contribution in [0, 0.1) is 5.82 Å². The van der Waals surface area contributed by atoms with E-state index in [9.17, 15) is 14.0 Å². The fourth-order valence-electron chi connectivity index (χ4n) is 2.62. The monoisotopic (exact) mass is 335 g/mol. The smallest absolute Gasteiger partial charge is 0.267 e. The van der Waals surface area contributed by atoms with E-state index in [1.54, 1.807) is 13.0 Å². The number of aromatic nitrogens is 2. The summed E-state index contributed by atoms with van der Waals surface area (Å²) in [5.74, 6) is -1.07. The first-order valence-electron chi connectivity index (χ1n) is 7.33. The zero-order valence-electron chi connectivity index (χ0n) is 12.5. The molecule has 1 atom stereocenters. The second-order valence-corrected chi connectivity index (χ2v) is 5.95. The summed E-state index contributed by atoms with van der Waals surface area (Å²) >= 11 is 5.61. The lowest BCUT2D eigenvalue weighted by atomic mass is 10.2. The Labute approximate surface area is 137 Å². The summed E-state index contributed by atoms with van der Waals surface area (Å²) in [5.41, 5.74) is 1.79. The molecule has 0 aliphatic heterocycles. The van der Waals surface area contributed by atoms with Crippen LogP contribution in [-0.4, -0.2) is 15.7 Å². The van der Waals surface area contributed by atoms with Crippen LogP contribution in [0.25, 0.3) is 0 Å². The number of hydrogen-bond acceptors (Lipinski definition) is 3. The molecular weight excluding hydrogens is 321 g/mol. The quantitative estimate of drug-likeness (QED) is 0.938. The molecule has 23 heavy (non-hydrogen) atoms. The standard InChI is InChI=1S/C16H15ClFN3O2/c1-9(16(23)19-11-5-6-12(17)13(18)8-11)21-15(22)7-10-3-2-4-14(10)20-21/h5-9H,2-4H2,1H3,(H,19,23). The highest BCUT2D eigenvalue weighted by molar-refractivity contribution is 6.30. The van der Waals surface area contributed by atoms with Crippen LogP contribution in [0.4, 0.5) is 10.1 Å². The van der Waals surface area contributed by atoms with Crippen LogP contribution in [0.5, 0.6) is 0 Å². The van der Waals surface area contributed by atoms with Crippen LogP contribution in [-0.2, 0) is 17.6 Å². The van der Waals surface area contributed by atoms with Crippen LogP contribution >= 0.6 is 11.6 Å². The van der Waals surface area contributed by atoms with Gasteiger partial charge in [-0.05, 0) is 49.9 Å². The maximum Gasteiger partial charge on any atom is 0.267 e. The number of rotatable bonds is 3. The number of nitrogens with one attached hydrogen (secondary N) is 1. The molecule has 0 spiro atoms. The summed E-state index contributed by atoms with van der Waals surface area (Å²) in [6, 6.07) is 4.73. The molecule has 5 nitrogen and oxygen atoms in total. The highest BCUT2D eigenvalue weighted by atomic mass is 35.5. The maximum atomic E-state index is 13.4. The molecule has 3 rings (SSSR count). The fraction of sp³-hybridized carbons (Fsp3) is 0.312. The Morgan fingerprint density at radius 1 is 1.39 bits per heavy atom. The number of aryl methyl sites for hydroxylation is 2. The molecule has 1 aromatic carbocycles. The van der Waals surface area contributed by atoms with Gasteiger partial charge in [-0.15, -0.1) is 0 Å². The van der Waals surface area contributed by atoms with E-state index in [1.165, 1.54) is 16.8 Å². The van der Waals surface area contributed by atoms with E-state index in [0.29, 0.717) is 0 Å². The minimum Gasteiger partial charge on any atom is -0.324 e. The van der Waals surface area contributed by atoms with Gasteiger partial charge in [-0.25, -0.2) is 9.07 Å². The molecule has 0 radical (unpaired) electrons. The van der Waals surface area contributed by atoms with Gasteiger partial charge in [0.1, 0.15) is 11.9 Å². The highest BCUT2D eigenvalue weighted by Crippen LogP contribution is 2.20. The van der Waals surface area contributed by atoms with E-state index < -0.39 is 17.8 Å². The molecule has 1 aromatic heterocycles. The fourth-order valence-corrected chi connectivity index (χ4v) is 2.74. The number of carbonyl (C=O) groups excluding carboxylic acids is 1. The van der Waals surface area contributed by atoms with Crippen molar-refractivity contribution < 1.29 is 9.18 Å². The predicted molar refractivity (Wildman–Crippen MR) is 85.3 cm³/mol. The van der Waals surface area contributed by atoms with Gasteiger partial charge < -0.3 is 5.32 Å². The van der Waals surface area contributed by atoms with Gasteiger partial charge in [0.05, 0.1) is 10.7 Å². The average molecular weight is 336 g/mol. The van der Waals surface area contributed by atoms with E-state index in [1.807, 2.05) is 0 Å². The number of halogens is 2. The van der Waals surface area contributed by atoms with Crippen molar-refractivity contribution in [1.82, 2.24) is 9.78 Å². The van der Waals surface area contributed by atoms with Crippen LogP contribution in [0.1, 0.15) is 30.6 Å². The normalized spacial score (nSPS) is 14.4. The summed E-state index contributed by atoms with van der Waals surface area (Å²) < 4.78 is 14.6. The van der Waals surface area contributed by atoms with Gasteiger partial charge in [-0.1, -0.05) is 11.6 Å². The van der Waals surface area contributed by atoms with Gasteiger partial charge in [0.2, 0.25) is 5.91 Å². The lowest BCUT2D eigenvalue weighted by molar-refractivity contribution is -0.119. The molecule has 1 unspecified atom stereocenters. The van der Waals surface area contributed by atoms with Gasteiger partial charge in [-0.2, -0.15) is 5.10 Å². The first kappa shape index (κ1) is 15.7. The van der Waals surface area contributed by atoms with E-state index in [4.69, 9.17) is 11.6 Å². The number of carbonyl (C=O) groups is 1. The van der Waals surface area contributed by atoms with Crippen molar-refractivity contribution >= 4 is 23.2 Å². The Morgan fingerprint density at radius 2 is 2.17 bits per heavy atom. The third kappa shape index (κ3) is 3.12. The van der Waals surface area contributed by atoms with Gasteiger partial charge >= 0.3 is 0 Å². The molecule has 0 fully saturated rings. The minimum absolute atomic E-state index is 0.0208. The van der Waals surface area contributed by atoms with E-state index in [2.05, 4.69) is 10.4 Å². The summed E-state index contributed by atoms with van der Waals surface area (Å²) in [4.78, 5) is 24.4. The molecule has 1 heterocycles. The summed E-state index contributed by atoms with van der Waals surface area (Å²) in [6.07, 6.45) is 2.63. The maximum absolute atomic E-state index is 13.4. The Kier molecular flexibility index (Phi) is 4.17. The van der Waals surface area contributed by atoms with E-state index in [0.717, 1.165) is 36.6 Å². The van der Waals surface area contributed by atoms with E-state index in [-0.39, 0.29) is 16.3 Å². The molecule has 120 valence electrons. The second kappa shape index (κ2) is 6.12. The van der Waals surface area contributed by atoms with Crippen molar-refractivity contribution in [2.45, 2.75) is 32.2 Å². The molecule has 1 N–H and O–H groups in total. The minimum atomic E-state index is -0.799. The van der Waals surface area contributed by atoms with Crippen molar-refractivity contribution in [3.8, 4) is 0 Å². The van der Waals surface area contributed by atoms with Crippen LogP contribution < -0.4 is 10.9 Å². The molecule has 7 heteroatoms. The summed E-state index contributed by atoms with van der Waals surface area (Å²) in [6.45, 7) is 1.58. The zero-order chi connectivity index (χ0) is 16.6. The number of nitrogens with zero attached hydrogens (tertiary/aromatic N) is 2. The van der Waals surface area contributed by atoms with Crippen molar-refractivity contribution in [2.24, 2.45) is 0 Å². The van der Waals surface area contributed by atoms with Crippen LogP contribution in [0.3, 0.4) is 0 Å². The molecule has 0 bridgehead atoms. The van der Waals surface area contributed by atoms with Gasteiger partial charge in [0.25, 0.3) is 5.56 Å². The summed E-state index contributed by atoms with van der Waals surface area (Å²) in [5, 5.41) is 6.84. The Balaban J connectivity index is 1.82. The molecule has 0 saturated heterocycles. The van der Waals surface area contributed by atoms with Crippen LogP contribution in [0.15, 0.2) is 29.1 Å². The average Bonchev–Trinajstić information content (AvgIpc) is 2.96. The largest absolute Gasteiger partial charge is 0.324 e. The van der Waals surface area contributed by atoms with Crippen molar-refractivity contribution in [3.05, 3.63) is 56.7 Å². The molecule has 1 amide bonds. The molecular formula is C16H15ClFN3O2. The van der Waals surface area contributed by atoms with Gasteiger partial charge in [-0.3, -0.25) is 9.59 Å². The molecule has 0 saturated carbocycles. The second-order valence-electron chi connectivity index (χ2n) is 5.55. The first-order chi connectivity index (χ1) is 11.0. The Morgan fingerprint density at radius 3 is 2.91 bits per heavy atom. The molecule has 1 aliphatic carbocycles. The lowest BCUT2D eigenvalue weighted by Crippen LogP contribution is -2.34. The number of fused-ring (bicyclic) bond motifs is 1. The number of anilines is 1. The van der Waals surface area contributed by atoms with E-state index >= 15 is 0 Å². The van der Waals surface area contributed by atoms with Crippen molar-refractivity contribution in [2.75, 3.05) is 5.32 Å². The van der Waals surface area contributed by atoms with Crippen molar-refractivity contribution in [3.63, 3.8) is 0 Å².